The Morgan fingerprint density at radius 1 is 1.26 bits per heavy atom. The Kier molecular flexibility index (Phi) is 3.84. The molecule has 6 nitrogen and oxygen atoms in total. The van der Waals surface area contributed by atoms with Gasteiger partial charge in [-0.1, -0.05) is 17.3 Å². The fourth-order valence-electron chi connectivity index (χ4n) is 2.22. The summed E-state index contributed by atoms with van der Waals surface area (Å²) in [5.41, 5.74) is 1.17. The van der Waals surface area contributed by atoms with Crippen LogP contribution in [0.5, 0.6) is 0 Å². The Morgan fingerprint density at radius 3 is 2.83 bits per heavy atom. The number of fused-ring (bicyclic) bond motifs is 1. The van der Waals surface area contributed by atoms with Crippen molar-refractivity contribution in [2.75, 3.05) is 5.32 Å². The van der Waals surface area contributed by atoms with Crippen molar-refractivity contribution in [2.24, 2.45) is 0 Å². The molecular weight excluding hydrogens is 299 g/mol. The summed E-state index contributed by atoms with van der Waals surface area (Å²) in [5, 5.41) is 10.7. The molecule has 0 saturated carbocycles. The monoisotopic (exact) mass is 312 g/mol. The van der Waals surface area contributed by atoms with E-state index in [0.717, 1.165) is 4.68 Å². The van der Waals surface area contributed by atoms with Crippen LogP contribution in [-0.4, -0.2) is 20.9 Å². The molecule has 0 spiro atoms. The van der Waals surface area contributed by atoms with Crippen LogP contribution in [0.4, 0.5) is 10.1 Å². The SMILES string of the molecule is Cc1cc(F)ccc1NC(=O)Cn1nnc2ccccc2c1=O. The number of amides is 1. The van der Waals surface area contributed by atoms with E-state index in [0.29, 0.717) is 22.2 Å². The highest BCUT2D eigenvalue weighted by Gasteiger charge is 2.10. The first-order chi connectivity index (χ1) is 11.0. The number of carbonyl (C=O) groups is 1. The smallest absolute Gasteiger partial charge is 0.278 e. The number of nitrogens with zero attached hydrogens (tertiary/aromatic N) is 3. The van der Waals surface area contributed by atoms with E-state index >= 15 is 0 Å². The summed E-state index contributed by atoms with van der Waals surface area (Å²) in [6.07, 6.45) is 0. The van der Waals surface area contributed by atoms with Gasteiger partial charge >= 0.3 is 0 Å². The number of aromatic nitrogens is 3. The van der Waals surface area contributed by atoms with Gasteiger partial charge in [0.2, 0.25) is 5.91 Å². The van der Waals surface area contributed by atoms with Gasteiger partial charge in [0.25, 0.3) is 5.56 Å². The van der Waals surface area contributed by atoms with Crippen LogP contribution in [0.1, 0.15) is 5.56 Å². The van der Waals surface area contributed by atoms with Crippen molar-refractivity contribution < 1.29 is 9.18 Å². The van der Waals surface area contributed by atoms with Gasteiger partial charge in [-0.15, -0.1) is 5.10 Å². The summed E-state index contributed by atoms with van der Waals surface area (Å²) in [5.74, 6) is -0.816. The minimum atomic E-state index is -0.439. The maximum absolute atomic E-state index is 13.1. The van der Waals surface area contributed by atoms with E-state index in [-0.39, 0.29) is 17.9 Å². The molecule has 3 rings (SSSR count). The molecule has 0 aliphatic carbocycles. The maximum atomic E-state index is 13.1. The first-order valence-electron chi connectivity index (χ1n) is 6.93. The van der Waals surface area contributed by atoms with Crippen LogP contribution in [0.15, 0.2) is 47.3 Å². The molecule has 1 N–H and O–H groups in total. The highest BCUT2D eigenvalue weighted by molar-refractivity contribution is 5.91. The normalized spacial score (nSPS) is 10.7. The Morgan fingerprint density at radius 2 is 2.04 bits per heavy atom. The summed E-state index contributed by atoms with van der Waals surface area (Å²) in [6, 6.07) is 10.8. The second-order valence-electron chi connectivity index (χ2n) is 5.08. The van der Waals surface area contributed by atoms with Gasteiger partial charge in [-0.2, -0.15) is 0 Å². The third-order valence-electron chi connectivity index (χ3n) is 3.39. The van der Waals surface area contributed by atoms with Crippen molar-refractivity contribution in [3.8, 4) is 0 Å². The number of hydrogen-bond acceptors (Lipinski definition) is 4. The minimum absolute atomic E-state index is 0.270. The number of halogens is 1. The fraction of sp³-hybridized carbons (Fsp3) is 0.125. The third-order valence-corrected chi connectivity index (χ3v) is 3.39. The van der Waals surface area contributed by atoms with Gasteiger partial charge in [0.1, 0.15) is 17.9 Å². The van der Waals surface area contributed by atoms with Gasteiger partial charge in [0, 0.05) is 5.69 Å². The number of carbonyl (C=O) groups excluding carboxylic acids is 1. The number of benzene rings is 2. The summed E-state index contributed by atoms with van der Waals surface area (Å²) < 4.78 is 14.1. The number of nitrogens with one attached hydrogen (secondary N) is 1. The lowest BCUT2D eigenvalue weighted by Gasteiger charge is -2.09. The average molecular weight is 312 g/mol. The van der Waals surface area contributed by atoms with Crippen LogP contribution < -0.4 is 10.9 Å². The summed E-state index contributed by atoms with van der Waals surface area (Å²) in [4.78, 5) is 24.3. The van der Waals surface area contributed by atoms with E-state index in [9.17, 15) is 14.0 Å². The van der Waals surface area contributed by atoms with Gasteiger partial charge in [-0.3, -0.25) is 9.59 Å². The van der Waals surface area contributed by atoms with Gasteiger partial charge in [0.15, 0.2) is 0 Å². The molecular formula is C16H13FN4O2. The highest BCUT2D eigenvalue weighted by atomic mass is 19.1. The van der Waals surface area contributed by atoms with Crippen molar-refractivity contribution in [3.05, 3.63) is 64.2 Å². The van der Waals surface area contributed by atoms with E-state index < -0.39 is 5.91 Å². The zero-order valence-corrected chi connectivity index (χ0v) is 12.3. The minimum Gasteiger partial charge on any atom is -0.324 e. The van der Waals surface area contributed by atoms with Crippen LogP contribution in [0.25, 0.3) is 10.9 Å². The first-order valence-corrected chi connectivity index (χ1v) is 6.93. The van der Waals surface area contributed by atoms with E-state index in [2.05, 4.69) is 15.6 Å². The molecule has 2 aromatic carbocycles. The zero-order chi connectivity index (χ0) is 16.4. The largest absolute Gasteiger partial charge is 0.324 e. The lowest BCUT2D eigenvalue weighted by molar-refractivity contribution is -0.117. The lowest BCUT2D eigenvalue weighted by atomic mass is 10.2. The molecule has 1 amide bonds. The van der Waals surface area contributed by atoms with E-state index in [4.69, 9.17) is 0 Å². The molecule has 0 saturated heterocycles. The molecule has 1 aromatic heterocycles. The highest BCUT2D eigenvalue weighted by Crippen LogP contribution is 2.15. The van der Waals surface area contributed by atoms with Gasteiger partial charge in [-0.05, 0) is 42.8 Å². The molecule has 0 bridgehead atoms. The molecule has 0 aliphatic rings. The fourth-order valence-corrected chi connectivity index (χ4v) is 2.22. The molecule has 0 atom stereocenters. The molecule has 116 valence electrons. The number of hydrogen-bond donors (Lipinski definition) is 1. The molecule has 7 heteroatoms. The Bertz CT molecular complexity index is 952. The topological polar surface area (TPSA) is 76.9 Å². The van der Waals surface area contributed by atoms with Gasteiger partial charge < -0.3 is 5.32 Å². The van der Waals surface area contributed by atoms with Gasteiger partial charge in [-0.25, -0.2) is 9.07 Å². The number of rotatable bonds is 3. The van der Waals surface area contributed by atoms with Crippen LogP contribution in [0.2, 0.25) is 0 Å². The Labute approximate surface area is 130 Å². The maximum Gasteiger partial charge on any atom is 0.278 e. The Balaban J connectivity index is 1.83. The van der Waals surface area contributed by atoms with E-state index in [1.807, 2.05) is 0 Å². The second kappa shape index (κ2) is 5.96. The Hall–Kier alpha value is -3.09. The predicted octanol–water partition coefficient (Wildman–Crippen LogP) is 1.88. The molecule has 3 aromatic rings. The average Bonchev–Trinajstić information content (AvgIpc) is 2.53. The second-order valence-corrected chi connectivity index (χ2v) is 5.08. The van der Waals surface area contributed by atoms with Crippen molar-refractivity contribution >= 4 is 22.5 Å². The van der Waals surface area contributed by atoms with Crippen LogP contribution in [0.3, 0.4) is 0 Å². The number of aryl methyl sites for hydroxylation is 1. The van der Waals surface area contributed by atoms with Crippen LogP contribution >= 0.6 is 0 Å². The molecule has 1 heterocycles. The van der Waals surface area contributed by atoms with Crippen molar-refractivity contribution in [3.63, 3.8) is 0 Å². The zero-order valence-electron chi connectivity index (χ0n) is 12.3. The van der Waals surface area contributed by atoms with E-state index in [1.54, 1.807) is 31.2 Å². The predicted molar refractivity (Wildman–Crippen MR) is 83.6 cm³/mol. The quantitative estimate of drug-likeness (QED) is 0.801. The van der Waals surface area contributed by atoms with Crippen molar-refractivity contribution in [1.82, 2.24) is 15.0 Å². The molecule has 0 fully saturated rings. The summed E-state index contributed by atoms with van der Waals surface area (Å²) in [6.45, 7) is 1.41. The number of anilines is 1. The van der Waals surface area contributed by atoms with Crippen molar-refractivity contribution in [2.45, 2.75) is 13.5 Å². The lowest BCUT2D eigenvalue weighted by Crippen LogP contribution is -2.30. The first kappa shape index (κ1) is 14.8. The van der Waals surface area contributed by atoms with Gasteiger partial charge in [0.05, 0.1) is 5.39 Å². The van der Waals surface area contributed by atoms with Crippen LogP contribution in [0, 0.1) is 12.7 Å². The molecule has 0 aliphatic heterocycles. The summed E-state index contributed by atoms with van der Waals surface area (Å²) >= 11 is 0. The van der Waals surface area contributed by atoms with Crippen molar-refractivity contribution in [1.29, 1.82) is 0 Å². The third kappa shape index (κ3) is 3.08. The molecule has 0 radical (unpaired) electrons. The van der Waals surface area contributed by atoms with E-state index in [1.165, 1.54) is 18.2 Å². The molecule has 23 heavy (non-hydrogen) atoms. The standard InChI is InChI=1S/C16H13FN4O2/c1-10-8-11(17)6-7-13(10)18-15(22)9-21-16(23)12-4-2-3-5-14(12)19-20-21/h2-8H,9H2,1H3,(H,18,22). The molecule has 0 unspecified atom stereocenters. The summed E-state index contributed by atoms with van der Waals surface area (Å²) in [7, 11) is 0. The van der Waals surface area contributed by atoms with Crippen LogP contribution in [-0.2, 0) is 11.3 Å².